The quantitative estimate of drug-likeness (QED) is 0.541. The molecular formula is C23H21N5O7. The minimum Gasteiger partial charge on any atom is -0.497 e. The fourth-order valence-corrected chi connectivity index (χ4v) is 3.59. The Morgan fingerprint density at radius 1 is 1.06 bits per heavy atom. The monoisotopic (exact) mass is 479 g/mol. The Labute approximate surface area is 199 Å². The second-order valence-corrected chi connectivity index (χ2v) is 7.64. The third-order valence-electron chi connectivity index (χ3n) is 5.34. The summed E-state index contributed by atoms with van der Waals surface area (Å²) in [6.07, 6.45) is 0.466. The van der Waals surface area contributed by atoms with Gasteiger partial charge in [-0.05, 0) is 18.2 Å². The number of aromatic nitrogens is 2. The first kappa shape index (κ1) is 22.2. The summed E-state index contributed by atoms with van der Waals surface area (Å²) in [7, 11) is 3.02. The van der Waals surface area contributed by atoms with Crippen molar-refractivity contribution in [3.63, 3.8) is 0 Å². The molecule has 2 aliphatic rings. The highest BCUT2D eigenvalue weighted by Crippen LogP contribution is 2.35. The van der Waals surface area contributed by atoms with E-state index in [1.807, 2.05) is 0 Å². The Kier molecular flexibility index (Phi) is 5.92. The van der Waals surface area contributed by atoms with Crippen molar-refractivity contribution in [2.75, 3.05) is 32.9 Å². The summed E-state index contributed by atoms with van der Waals surface area (Å²) in [5.41, 5.74) is 1.56. The lowest BCUT2D eigenvalue weighted by Gasteiger charge is -2.21. The first-order valence-corrected chi connectivity index (χ1v) is 10.7. The summed E-state index contributed by atoms with van der Waals surface area (Å²) >= 11 is 0. The molecule has 0 fully saturated rings. The van der Waals surface area contributed by atoms with Gasteiger partial charge < -0.3 is 28.8 Å². The number of hydrogen-bond donors (Lipinski definition) is 1. The number of rotatable bonds is 7. The van der Waals surface area contributed by atoms with Gasteiger partial charge in [0.05, 0.1) is 14.2 Å². The number of carbonyl (C=O) groups excluding carboxylic acids is 2. The molecule has 2 amide bonds. The molecule has 0 atom stereocenters. The molecule has 0 unspecified atom stereocenters. The molecule has 0 saturated carbocycles. The van der Waals surface area contributed by atoms with Crippen LogP contribution in [0.25, 0.3) is 11.4 Å². The molecular weight excluding hydrogens is 458 g/mol. The Bertz CT molecular complexity index is 1300. The van der Waals surface area contributed by atoms with Gasteiger partial charge in [-0.25, -0.2) is 5.01 Å². The first-order chi connectivity index (χ1) is 17.0. The summed E-state index contributed by atoms with van der Waals surface area (Å²) in [5, 5.41) is 12.1. The predicted molar refractivity (Wildman–Crippen MR) is 122 cm³/mol. The average Bonchev–Trinajstić information content (AvgIpc) is 3.54. The molecule has 0 radical (unpaired) electrons. The van der Waals surface area contributed by atoms with Crippen LogP contribution >= 0.6 is 0 Å². The molecule has 0 saturated heterocycles. The highest BCUT2D eigenvalue weighted by Gasteiger charge is 2.27. The molecule has 1 N–H and O–H groups in total. The standard InChI is InChI=1S/C23H21N5O7/c1-31-15-8-14(9-16(10-15)32-2)24-20(29)11-28-21(30)6-4-17(26-28)23-25-22(27-35-23)13-3-5-18-19(7-13)34-12-33-18/h3,5,7-10H,4,6,11-12H2,1-2H3,(H,24,29). The van der Waals surface area contributed by atoms with Gasteiger partial charge in [0.2, 0.25) is 24.4 Å². The van der Waals surface area contributed by atoms with Crippen LogP contribution in [-0.4, -0.2) is 60.2 Å². The number of nitrogens with one attached hydrogen (secondary N) is 1. The second-order valence-electron chi connectivity index (χ2n) is 7.64. The van der Waals surface area contributed by atoms with Gasteiger partial charge >= 0.3 is 0 Å². The van der Waals surface area contributed by atoms with E-state index in [0.29, 0.717) is 52.2 Å². The SMILES string of the molecule is COc1cc(NC(=O)CN2N=C(c3nc(-c4ccc5c(c4)OCO5)no3)CCC2=O)cc(OC)c1. The van der Waals surface area contributed by atoms with Gasteiger partial charge in [-0.15, -0.1) is 0 Å². The average molecular weight is 479 g/mol. The van der Waals surface area contributed by atoms with Crippen LogP contribution < -0.4 is 24.3 Å². The maximum absolute atomic E-state index is 12.6. The molecule has 12 nitrogen and oxygen atoms in total. The lowest BCUT2D eigenvalue weighted by Crippen LogP contribution is -2.38. The third kappa shape index (κ3) is 4.71. The molecule has 0 bridgehead atoms. The lowest BCUT2D eigenvalue weighted by atomic mass is 10.1. The minimum absolute atomic E-state index is 0.154. The van der Waals surface area contributed by atoms with E-state index in [9.17, 15) is 9.59 Å². The number of hydrogen-bond acceptors (Lipinski definition) is 10. The van der Waals surface area contributed by atoms with E-state index in [0.717, 1.165) is 5.01 Å². The largest absolute Gasteiger partial charge is 0.497 e. The molecule has 3 heterocycles. The molecule has 5 rings (SSSR count). The van der Waals surface area contributed by atoms with Gasteiger partial charge in [-0.1, -0.05) is 5.16 Å². The van der Waals surface area contributed by atoms with Crippen molar-refractivity contribution in [1.29, 1.82) is 0 Å². The maximum Gasteiger partial charge on any atom is 0.274 e. The van der Waals surface area contributed by atoms with Crippen LogP contribution in [0.5, 0.6) is 23.0 Å². The minimum atomic E-state index is -0.440. The van der Waals surface area contributed by atoms with Crippen molar-refractivity contribution in [3.05, 3.63) is 42.3 Å². The maximum atomic E-state index is 12.6. The zero-order valence-electron chi connectivity index (χ0n) is 18.9. The van der Waals surface area contributed by atoms with E-state index >= 15 is 0 Å². The molecule has 0 aliphatic carbocycles. The van der Waals surface area contributed by atoms with Crippen LogP contribution in [0.1, 0.15) is 18.7 Å². The molecule has 180 valence electrons. The zero-order valence-corrected chi connectivity index (χ0v) is 18.9. The van der Waals surface area contributed by atoms with Gasteiger partial charge in [-0.3, -0.25) is 9.59 Å². The number of nitrogens with zero attached hydrogens (tertiary/aromatic N) is 4. The van der Waals surface area contributed by atoms with Crippen LogP contribution in [0.15, 0.2) is 46.0 Å². The van der Waals surface area contributed by atoms with Gasteiger partial charge in [0.15, 0.2) is 11.5 Å². The summed E-state index contributed by atoms with van der Waals surface area (Å²) in [4.78, 5) is 29.4. The Morgan fingerprint density at radius 2 is 1.83 bits per heavy atom. The topological polar surface area (TPSA) is 138 Å². The Balaban J connectivity index is 1.30. The normalized spacial score (nSPS) is 14.5. The third-order valence-corrected chi connectivity index (χ3v) is 5.34. The van der Waals surface area contributed by atoms with Gasteiger partial charge in [0.25, 0.3) is 5.89 Å². The zero-order chi connectivity index (χ0) is 24.4. The van der Waals surface area contributed by atoms with Crippen LogP contribution in [0, 0.1) is 0 Å². The van der Waals surface area contributed by atoms with Crippen LogP contribution in [0.3, 0.4) is 0 Å². The van der Waals surface area contributed by atoms with Crippen molar-refractivity contribution in [3.8, 4) is 34.4 Å². The van der Waals surface area contributed by atoms with Crippen molar-refractivity contribution >= 4 is 23.2 Å². The van der Waals surface area contributed by atoms with E-state index < -0.39 is 5.91 Å². The lowest BCUT2D eigenvalue weighted by molar-refractivity contribution is -0.135. The summed E-state index contributed by atoms with van der Waals surface area (Å²) in [6.45, 7) is -0.124. The summed E-state index contributed by atoms with van der Waals surface area (Å²) < 4.78 is 26.5. The second kappa shape index (κ2) is 9.33. The molecule has 12 heteroatoms. The van der Waals surface area contributed by atoms with E-state index in [-0.39, 0.29) is 31.6 Å². The van der Waals surface area contributed by atoms with Gasteiger partial charge in [0, 0.05) is 42.3 Å². The van der Waals surface area contributed by atoms with Crippen LogP contribution in [0.2, 0.25) is 0 Å². The number of hydrazone groups is 1. The fraction of sp³-hybridized carbons (Fsp3) is 0.261. The number of methoxy groups -OCH3 is 2. The Morgan fingerprint density at radius 3 is 2.60 bits per heavy atom. The number of fused-ring (bicyclic) bond motifs is 1. The number of anilines is 1. The highest BCUT2D eigenvalue weighted by molar-refractivity contribution is 6.02. The van der Waals surface area contributed by atoms with Crippen LogP contribution in [-0.2, 0) is 9.59 Å². The van der Waals surface area contributed by atoms with E-state index in [4.69, 9.17) is 23.5 Å². The predicted octanol–water partition coefficient (Wildman–Crippen LogP) is 2.45. The van der Waals surface area contributed by atoms with Crippen molar-refractivity contribution in [1.82, 2.24) is 15.1 Å². The molecule has 0 spiro atoms. The van der Waals surface area contributed by atoms with Crippen LogP contribution in [0.4, 0.5) is 5.69 Å². The van der Waals surface area contributed by atoms with Gasteiger partial charge in [0.1, 0.15) is 23.8 Å². The van der Waals surface area contributed by atoms with Gasteiger partial charge in [-0.2, -0.15) is 10.1 Å². The smallest absolute Gasteiger partial charge is 0.274 e. The number of carbonyl (C=O) groups is 2. The van der Waals surface area contributed by atoms with Crippen molar-refractivity contribution in [2.24, 2.45) is 5.10 Å². The van der Waals surface area contributed by atoms with E-state index in [1.165, 1.54) is 14.2 Å². The van der Waals surface area contributed by atoms with E-state index in [1.54, 1.807) is 36.4 Å². The summed E-state index contributed by atoms with van der Waals surface area (Å²) in [6, 6.07) is 10.3. The van der Waals surface area contributed by atoms with Crippen molar-refractivity contribution < 1.29 is 33.1 Å². The first-order valence-electron chi connectivity index (χ1n) is 10.7. The molecule has 3 aromatic rings. The Hall–Kier alpha value is -4.61. The number of ether oxygens (including phenoxy) is 4. The molecule has 1 aromatic heterocycles. The number of benzene rings is 2. The highest BCUT2D eigenvalue weighted by atomic mass is 16.7. The summed E-state index contributed by atoms with van der Waals surface area (Å²) in [5.74, 6) is 2.07. The molecule has 35 heavy (non-hydrogen) atoms. The fourth-order valence-electron chi connectivity index (χ4n) is 3.59. The molecule has 2 aromatic carbocycles. The molecule has 2 aliphatic heterocycles. The van der Waals surface area contributed by atoms with E-state index in [2.05, 4.69) is 20.6 Å². The number of amides is 2. The van der Waals surface area contributed by atoms with Crippen molar-refractivity contribution in [2.45, 2.75) is 12.8 Å².